The Morgan fingerprint density at radius 1 is 1.40 bits per heavy atom. The van der Waals surface area contributed by atoms with Gasteiger partial charge in [0.25, 0.3) is 5.91 Å². The highest BCUT2D eigenvalue weighted by molar-refractivity contribution is 7.13. The molecular weight excluding hydrogens is 270 g/mol. The first-order chi connectivity index (χ1) is 9.29. The van der Waals surface area contributed by atoms with Gasteiger partial charge in [-0.25, -0.2) is 4.98 Å². The van der Waals surface area contributed by atoms with E-state index in [9.17, 15) is 4.79 Å². The van der Waals surface area contributed by atoms with Crippen LogP contribution in [-0.4, -0.2) is 53.9 Å². The molecule has 1 aliphatic rings. The van der Waals surface area contributed by atoms with Gasteiger partial charge in [0.15, 0.2) is 0 Å². The third kappa shape index (κ3) is 3.38. The predicted molar refractivity (Wildman–Crippen MR) is 83.4 cm³/mol. The SMILES string of the molecule is CN1CCC(N(C)C(=O)c2cnc(C(C)(C)C)s2)CC1. The van der Waals surface area contributed by atoms with Gasteiger partial charge in [-0.1, -0.05) is 20.8 Å². The van der Waals surface area contributed by atoms with Crippen LogP contribution in [0.15, 0.2) is 6.20 Å². The molecule has 0 saturated carbocycles. The molecule has 1 amide bonds. The molecule has 1 aliphatic heterocycles. The van der Waals surface area contributed by atoms with Crippen LogP contribution in [-0.2, 0) is 5.41 Å². The zero-order chi connectivity index (χ0) is 14.9. The summed E-state index contributed by atoms with van der Waals surface area (Å²) in [6.07, 6.45) is 3.85. The number of aromatic nitrogens is 1. The summed E-state index contributed by atoms with van der Waals surface area (Å²) in [6, 6.07) is 0.360. The number of likely N-dealkylation sites (tertiary alicyclic amines) is 1. The summed E-state index contributed by atoms with van der Waals surface area (Å²) in [7, 11) is 4.06. The summed E-state index contributed by atoms with van der Waals surface area (Å²) in [5.41, 5.74) is 0.00924. The first-order valence-electron chi connectivity index (χ1n) is 7.21. The van der Waals surface area contributed by atoms with E-state index >= 15 is 0 Å². The van der Waals surface area contributed by atoms with E-state index in [4.69, 9.17) is 0 Å². The molecule has 0 unspecified atom stereocenters. The van der Waals surface area contributed by atoms with Gasteiger partial charge < -0.3 is 9.80 Å². The lowest BCUT2D eigenvalue weighted by molar-refractivity contribution is 0.0664. The van der Waals surface area contributed by atoms with Crippen LogP contribution >= 0.6 is 11.3 Å². The van der Waals surface area contributed by atoms with Crippen LogP contribution in [0.4, 0.5) is 0 Å². The normalized spacial score (nSPS) is 18.2. The molecule has 0 aromatic carbocycles. The Morgan fingerprint density at radius 3 is 2.50 bits per heavy atom. The lowest BCUT2D eigenvalue weighted by atomic mass is 9.98. The molecule has 2 heterocycles. The van der Waals surface area contributed by atoms with Crippen LogP contribution < -0.4 is 0 Å². The van der Waals surface area contributed by atoms with Crippen molar-refractivity contribution >= 4 is 17.2 Å². The van der Waals surface area contributed by atoms with Crippen LogP contribution in [0, 0.1) is 0 Å². The minimum Gasteiger partial charge on any atom is -0.338 e. The van der Waals surface area contributed by atoms with Crippen LogP contribution in [0.1, 0.15) is 48.3 Å². The molecule has 1 aromatic heterocycles. The Labute approximate surface area is 125 Å². The summed E-state index contributed by atoms with van der Waals surface area (Å²) in [6.45, 7) is 8.51. The number of carbonyl (C=O) groups is 1. The fourth-order valence-electron chi connectivity index (χ4n) is 2.44. The quantitative estimate of drug-likeness (QED) is 0.841. The number of hydrogen-bond donors (Lipinski definition) is 0. The van der Waals surface area contributed by atoms with E-state index in [0.717, 1.165) is 35.8 Å². The molecule has 0 N–H and O–H groups in total. The number of carbonyl (C=O) groups excluding carboxylic acids is 1. The second-order valence-electron chi connectivity index (χ2n) is 6.73. The highest BCUT2D eigenvalue weighted by atomic mass is 32.1. The van der Waals surface area contributed by atoms with Crippen molar-refractivity contribution in [3.8, 4) is 0 Å². The Bertz CT molecular complexity index is 470. The maximum absolute atomic E-state index is 12.5. The van der Waals surface area contributed by atoms with Crippen LogP contribution in [0.5, 0.6) is 0 Å². The Hall–Kier alpha value is -0.940. The third-order valence-corrected chi connectivity index (χ3v) is 5.33. The number of amides is 1. The lowest BCUT2D eigenvalue weighted by Crippen LogP contribution is -2.44. The number of nitrogens with zero attached hydrogens (tertiary/aromatic N) is 3. The molecule has 4 nitrogen and oxygen atoms in total. The molecule has 1 aromatic rings. The minimum absolute atomic E-state index is 0.00924. The monoisotopic (exact) mass is 295 g/mol. The van der Waals surface area contributed by atoms with E-state index in [2.05, 4.69) is 37.7 Å². The van der Waals surface area contributed by atoms with E-state index in [1.54, 1.807) is 6.20 Å². The fourth-order valence-corrected chi connectivity index (χ4v) is 3.40. The Kier molecular flexibility index (Phi) is 4.49. The molecule has 0 spiro atoms. The molecule has 1 fully saturated rings. The van der Waals surface area contributed by atoms with Gasteiger partial charge >= 0.3 is 0 Å². The molecule has 0 bridgehead atoms. The summed E-state index contributed by atoms with van der Waals surface area (Å²) in [5, 5.41) is 1.03. The number of thiazole rings is 1. The van der Waals surface area contributed by atoms with Gasteiger partial charge in [0.05, 0.1) is 11.2 Å². The van der Waals surface area contributed by atoms with Gasteiger partial charge in [-0.2, -0.15) is 0 Å². The molecule has 2 rings (SSSR count). The average molecular weight is 295 g/mol. The third-order valence-electron chi connectivity index (χ3n) is 3.91. The average Bonchev–Trinajstić information content (AvgIpc) is 2.87. The second-order valence-corrected chi connectivity index (χ2v) is 7.76. The van der Waals surface area contributed by atoms with Crippen molar-refractivity contribution in [1.82, 2.24) is 14.8 Å². The van der Waals surface area contributed by atoms with Crippen molar-refractivity contribution in [1.29, 1.82) is 0 Å². The van der Waals surface area contributed by atoms with Crippen molar-refractivity contribution in [2.24, 2.45) is 0 Å². The zero-order valence-corrected chi connectivity index (χ0v) is 14.0. The van der Waals surface area contributed by atoms with Crippen molar-refractivity contribution in [2.75, 3.05) is 27.2 Å². The van der Waals surface area contributed by atoms with Crippen molar-refractivity contribution < 1.29 is 4.79 Å². The highest BCUT2D eigenvalue weighted by Gasteiger charge is 2.27. The molecule has 0 aliphatic carbocycles. The van der Waals surface area contributed by atoms with E-state index in [1.165, 1.54) is 11.3 Å². The Balaban J connectivity index is 2.05. The number of rotatable bonds is 2. The van der Waals surface area contributed by atoms with E-state index in [-0.39, 0.29) is 11.3 Å². The molecule has 0 atom stereocenters. The van der Waals surface area contributed by atoms with Gasteiger partial charge in [-0.05, 0) is 33.0 Å². The fraction of sp³-hybridized carbons (Fsp3) is 0.733. The highest BCUT2D eigenvalue weighted by Crippen LogP contribution is 2.28. The number of piperidine rings is 1. The predicted octanol–water partition coefficient (Wildman–Crippen LogP) is 2.61. The van der Waals surface area contributed by atoms with Crippen molar-refractivity contribution in [3.63, 3.8) is 0 Å². The molecule has 1 saturated heterocycles. The summed E-state index contributed by atoms with van der Waals surface area (Å²) < 4.78 is 0. The van der Waals surface area contributed by atoms with E-state index < -0.39 is 0 Å². The lowest BCUT2D eigenvalue weighted by Gasteiger charge is -2.34. The minimum atomic E-state index is 0.00924. The maximum Gasteiger partial charge on any atom is 0.265 e. The van der Waals surface area contributed by atoms with E-state index in [1.807, 2.05) is 11.9 Å². The first-order valence-corrected chi connectivity index (χ1v) is 8.02. The van der Waals surface area contributed by atoms with Crippen LogP contribution in [0.2, 0.25) is 0 Å². The molecule has 112 valence electrons. The van der Waals surface area contributed by atoms with Gasteiger partial charge in [-0.3, -0.25) is 4.79 Å². The van der Waals surface area contributed by atoms with Gasteiger partial charge in [0.2, 0.25) is 0 Å². The van der Waals surface area contributed by atoms with Crippen LogP contribution in [0.3, 0.4) is 0 Å². The van der Waals surface area contributed by atoms with Gasteiger partial charge in [0.1, 0.15) is 4.88 Å². The summed E-state index contributed by atoms with van der Waals surface area (Å²) in [4.78, 5) is 21.9. The summed E-state index contributed by atoms with van der Waals surface area (Å²) >= 11 is 1.53. The topological polar surface area (TPSA) is 36.4 Å². The van der Waals surface area contributed by atoms with Crippen LogP contribution in [0.25, 0.3) is 0 Å². The largest absolute Gasteiger partial charge is 0.338 e. The van der Waals surface area contributed by atoms with E-state index in [0.29, 0.717) is 6.04 Å². The molecule has 5 heteroatoms. The van der Waals surface area contributed by atoms with Gasteiger partial charge in [-0.15, -0.1) is 11.3 Å². The number of hydrogen-bond acceptors (Lipinski definition) is 4. The van der Waals surface area contributed by atoms with Crippen molar-refractivity contribution in [3.05, 3.63) is 16.1 Å². The Morgan fingerprint density at radius 2 is 2.00 bits per heavy atom. The van der Waals surface area contributed by atoms with Crippen molar-refractivity contribution in [2.45, 2.75) is 45.1 Å². The second kappa shape index (κ2) is 5.82. The standard InChI is InChI=1S/C15H25N3OS/c1-15(2,3)14-16-10-12(20-14)13(19)18(5)11-6-8-17(4)9-7-11/h10-11H,6-9H2,1-5H3. The smallest absolute Gasteiger partial charge is 0.265 e. The van der Waals surface area contributed by atoms with Gasteiger partial charge in [0, 0.05) is 18.5 Å². The first kappa shape index (κ1) is 15.4. The molecule has 0 radical (unpaired) electrons. The zero-order valence-electron chi connectivity index (χ0n) is 13.1. The molecule has 20 heavy (non-hydrogen) atoms. The summed E-state index contributed by atoms with van der Waals surface area (Å²) in [5.74, 6) is 0.118. The maximum atomic E-state index is 12.5. The molecular formula is C15H25N3OS.